The molecule has 9 heteroatoms. The van der Waals surface area contributed by atoms with Crippen LogP contribution in [0, 0.1) is 17.7 Å². The lowest BCUT2D eigenvalue weighted by molar-refractivity contribution is -0.151. The molecular weight excluding hydrogens is 462 g/mol. The molecule has 2 aliphatic rings. The second kappa shape index (κ2) is 10.9. The van der Waals surface area contributed by atoms with E-state index in [1.165, 1.54) is 13.3 Å². The van der Waals surface area contributed by atoms with Crippen molar-refractivity contribution in [1.82, 2.24) is 9.97 Å². The number of ether oxygens (including phenoxy) is 2. The normalized spacial score (nSPS) is 22.7. The van der Waals surface area contributed by atoms with Crippen molar-refractivity contribution in [2.24, 2.45) is 11.8 Å². The summed E-state index contributed by atoms with van der Waals surface area (Å²) < 4.78 is 40.3. The van der Waals surface area contributed by atoms with Crippen LogP contribution in [0.25, 0.3) is 0 Å². The molecule has 0 amide bonds. The molecule has 0 saturated heterocycles. The number of nitrogens with zero attached hydrogens (tertiary/aromatic N) is 2. The number of hydrogen-bond acceptors (Lipinski definition) is 5. The highest BCUT2D eigenvalue weighted by atomic mass is 32.1. The van der Waals surface area contributed by atoms with E-state index < -0.39 is 17.6 Å². The van der Waals surface area contributed by atoms with E-state index in [4.69, 9.17) is 9.47 Å². The van der Waals surface area contributed by atoms with Crippen LogP contribution in [0.5, 0.6) is 11.8 Å². The van der Waals surface area contributed by atoms with Crippen LogP contribution >= 0.6 is 13.5 Å². The number of carboxylic acid groups (broad SMARTS) is 1. The summed E-state index contributed by atoms with van der Waals surface area (Å²) in [7, 11) is 1.52. The summed E-state index contributed by atoms with van der Waals surface area (Å²) in [4.78, 5) is 19.7. The zero-order valence-corrected chi connectivity index (χ0v) is 20.5. The third-order valence-corrected chi connectivity index (χ3v) is 7.04. The highest BCUT2D eigenvalue weighted by Crippen LogP contribution is 2.50. The number of alkyl halides is 1. The molecule has 2 saturated carbocycles. The molecule has 186 valence electrons. The first kappa shape index (κ1) is 26.2. The van der Waals surface area contributed by atoms with E-state index in [1.54, 1.807) is 24.4 Å². The van der Waals surface area contributed by atoms with E-state index >= 15 is 4.39 Å². The minimum absolute atomic E-state index is 0. The summed E-state index contributed by atoms with van der Waals surface area (Å²) in [5.41, 5.74) is -1.08. The van der Waals surface area contributed by atoms with Gasteiger partial charge in [0, 0.05) is 24.2 Å². The Kier molecular flexibility index (Phi) is 8.38. The second-order valence-corrected chi connectivity index (χ2v) is 9.40. The van der Waals surface area contributed by atoms with Crippen LogP contribution in [-0.4, -0.2) is 40.4 Å². The first-order chi connectivity index (χ1) is 15.8. The Morgan fingerprint density at radius 1 is 1.18 bits per heavy atom. The topological polar surface area (TPSA) is 81.5 Å². The van der Waals surface area contributed by atoms with Gasteiger partial charge in [-0.3, -0.25) is 0 Å². The molecule has 2 heterocycles. The average Bonchev–Trinajstić information content (AvgIpc) is 3.63. The minimum atomic E-state index is -2.34. The van der Waals surface area contributed by atoms with Gasteiger partial charge in [-0.05, 0) is 80.4 Å². The number of carbonyl (C=O) groups is 1. The number of rotatable bonds is 9. The van der Waals surface area contributed by atoms with Crippen molar-refractivity contribution >= 4 is 19.5 Å². The van der Waals surface area contributed by atoms with Gasteiger partial charge in [0.1, 0.15) is 5.82 Å². The largest absolute Gasteiger partial charge is 0.481 e. The average molecular weight is 495 g/mol. The Balaban J connectivity index is 0.00000324. The van der Waals surface area contributed by atoms with Crippen molar-refractivity contribution in [3.63, 3.8) is 0 Å². The van der Waals surface area contributed by atoms with Crippen LogP contribution in [0.3, 0.4) is 0 Å². The molecule has 6 nitrogen and oxygen atoms in total. The van der Waals surface area contributed by atoms with Gasteiger partial charge in [-0.1, -0.05) is 0 Å². The molecule has 34 heavy (non-hydrogen) atoms. The molecule has 1 N–H and O–H groups in total. The first-order valence-corrected chi connectivity index (χ1v) is 11.5. The fraction of sp³-hybridized carbons (Fsp3) is 0.560. The number of hydrogen-bond donors (Lipinski definition) is 1. The maximum absolute atomic E-state index is 15.0. The van der Waals surface area contributed by atoms with Crippen LogP contribution in [0.2, 0.25) is 0 Å². The van der Waals surface area contributed by atoms with Crippen LogP contribution < -0.4 is 9.47 Å². The van der Waals surface area contributed by atoms with Crippen LogP contribution in [0.15, 0.2) is 30.6 Å². The molecular formula is C25H32F2N2O4S. The molecule has 0 aliphatic heterocycles. The predicted octanol–water partition coefficient (Wildman–Crippen LogP) is 5.40. The summed E-state index contributed by atoms with van der Waals surface area (Å²) in [5, 5.41) is 9.39. The van der Waals surface area contributed by atoms with E-state index in [0.717, 1.165) is 45.4 Å². The number of carboxylic acids is 1. The predicted molar refractivity (Wildman–Crippen MR) is 128 cm³/mol. The Bertz CT molecular complexity index is 995. The Labute approximate surface area is 205 Å². The standard InChI is InChI=1S/C25H30F2N2O4.H2S/c1-25(27,24(30)31)23(17-7-8-17)18-9-10-28-22(11-18)33-14-15-3-5-16(6-4-15)19-12-21(32-2)29-13-20(19)26;/h9-13,15-17,23H,3-8,14H2,1-2H3,(H,30,31);1H2/t15?,16?,23-,25?;/m0./s1. The molecule has 0 spiro atoms. The first-order valence-electron chi connectivity index (χ1n) is 11.5. The Morgan fingerprint density at radius 2 is 1.88 bits per heavy atom. The third-order valence-electron chi connectivity index (χ3n) is 7.04. The summed E-state index contributed by atoms with van der Waals surface area (Å²) in [6, 6.07) is 5.03. The van der Waals surface area contributed by atoms with Gasteiger partial charge in [-0.2, -0.15) is 13.5 Å². The highest BCUT2D eigenvalue weighted by molar-refractivity contribution is 7.59. The molecule has 2 atom stereocenters. The molecule has 0 bridgehead atoms. The van der Waals surface area contributed by atoms with Crippen molar-refractivity contribution in [2.75, 3.05) is 13.7 Å². The molecule has 1 unspecified atom stereocenters. The fourth-order valence-electron chi connectivity index (χ4n) is 4.99. The van der Waals surface area contributed by atoms with Crippen molar-refractivity contribution < 1.29 is 28.2 Å². The van der Waals surface area contributed by atoms with Gasteiger partial charge < -0.3 is 14.6 Å². The smallest absolute Gasteiger partial charge is 0.341 e. The van der Waals surface area contributed by atoms with E-state index in [9.17, 15) is 14.3 Å². The van der Waals surface area contributed by atoms with Gasteiger partial charge in [-0.25, -0.2) is 23.5 Å². The third kappa shape index (κ3) is 5.79. The quantitative estimate of drug-likeness (QED) is 0.503. The maximum Gasteiger partial charge on any atom is 0.341 e. The number of halogens is 2. The zero-order valence-electron chi connectivity index (χ0n) is 19.5. The van der Waals surface area contributed by atoms with Gasteiger partial charge in [0.15, 0.2) is 0 Å². The van der Waals surface area contributed by atoms with E-state index in [1.807, 2.05) is 0 Å². The fourth-order valence-corrected chi connectivity index (χ4v) is 4.99. The molecule has 2 aromatic heterocycles. The lowest BCUT2D eigenvalue weighted by Crippen LogP contribution is -2.38. The van der Waals surface area contributed by atoms with Crippen molar-refractivity contribution in [3.8, 4) is 11.8 Å². The molecule has 4 rings (SSSR count). The van der Waals surface area contributed by atoms with Crippen molar-refractivity contribution in [1.29, 1.82) is 0 Å². The molecule has 2 fully saturated rings. The SMILES string of the molecule is COc1cc(C2CCC(COc3cc([C@H](C4CC4)C(C)(F)C(=O)O)ccn3)CC2)c(F)cn1.S. The summed E-state index contributed by atoms with van der Waals surface area (Å²) in [6.07, 6.45) is 7.87. The van der Waals surface area contributed by atoms with E-state index in [2.05, 4.69) is 9.97 Å². The Hall–Kier alpha value is -2.42. The van der Waals surface area contributed by atoms with Gasteiger partial charge in [-0.15, -0.1) is 0 Å². The van der Waals surface area contributed by atoms with E-state index in [0.29, 0.717) is 35.4 Å². The zero-order chi connectivity index (χ0) is 23.6. The molecule has 2 aliphatic carbocycles. The number of methoxy groups -OCH3 is 1. The molecule has 2 aromatic rings. The summed E-state index contributed by atoms with van der Waals surface area (Å²) in [6.45, 7) is 1.60. The monoisotopic (exact) mass is 494 g/mol. The molecule has 0 aromatic carbocycles. The van der Waals surface area contributed by atoms with Crippen LogP contribution in [0.1, 0.15) is 68.4 Å². The number of aliphatic carboxylic acids is 1. The van der Waals surface area contributed by atoms with Crippen LogP contribution in [0.4, 0.5) is 8.78 Å². The van der Waals surface area contributed by atoms with Gasteiger partial charge in [0.25, 0.3) is 0 Å². The van der Waals surface area contributed by atoms with Gasteiger partial charge in [0.05, 0.1) is 19.9 Å². The van der Waals surface area contributed by atoms with Gasteiger partial charge >= 0.3 is 5.97 Å². The maximum atomic E-state index is 15.0. The highest BCUT2D eigenvalue weighted by Gasteiger charge is 2.50. The number of pyridine rings is 2. The number of aromatic nitrogens is 2. The minimum Gasteiger partial charge on any atom is -0.481 e. The summed E-state index contributed by atoms with van der Waals surface area (Å²) >= 11 is 0. The lowest BCUT2D eigenvalue weighted by Gasteiger charge is -2.29. The van der Waals surface area contributed by atoms with Crippen molar-refractivity contribution in [2.45, 2.75) is 63.0 Å². The second-order valence-electron chi connectivity index (χ2n) is 9.40. The lowest BCUT2D eigenvalue weighted by atomic mass is 9.79. The van der Waals surface area contributed by atoms with Crippen molar-refractivity contribution in [3.05, 3.63) is 47.5 Å². The van der Waals surface area contributed by atoms with Gasteiger partial charge in [0.2, 0.25) is 17.4 Å². The van der Waals surface area contributed by atoms with Crippen LogP contribution in [-0.2, 0) is 4.79 Å². The molecule has 0 radical (unpaired) electrons. The Morgan fingerprint density at radius 3 is 2.50 bits per heavy atom. The summed E-state index contributed by atoms with van der Waals surface area (Å²) in [5.74, 6) is -1.22. The van der Waals surface area contributed by atoms with E-state index in [-0.39, 0.29) is 31.1 Å².